The van der Waals surface area contributed by atoms with Gasteiger partial charge >= 0.3 is 0 Å². The predicted molar refractivity (Wildman–Crippen MR) is 83.0 cm³/mol. The number of furan rings is 1. The van der Waals surface area contributed by atoms with Crippen LogP contribution in [0.25, 0.3) is 11.3 Å². The lowest BCUT2D eigenvalue weighted by Gasteiger charge is -2.02. The second-order valence-corrected chi connectivity index (χ2v) is 4.63. The molecule has 0 unspecified atom stereocenters. The van der Waals surface area contributed by atoms with Crippen LogP contribution in [0.1, 0.15) is 10.6 Å². The van der Waals surface area contributed by atoms with Gasteiger partial charge in [0.05, 0.1) is 22.4 Å². The van der Waals surface area contributed by atoms with E-state index >= 15 is 0 Å². The Morgan fingerprint density at radius 3 is 2.70 bits per heavy atom. The number of para-hydroxylation sites is 1. The number of benzene rings is 1. The van der Waals surface area contributed by atoms with Gasteiger partial charge in [-0.05, 0) is 30.3 Å². The van der Waals surface area contributed by atoms with Crippen LogP contribution in [0.15, 0.2) is 65.3 Å². The number of nitrogens with zero attached hydrogens (tertiary/aromatic N) is 2. The van der Waals surface area contributed by atoms with Crippen molar-refractivity contribution in [3.63, 3.8) is 0 Å². The molecule has 3 rings (SSSR count). The van der Waals surface area contributed by atoms with Gasteiger partial charge in [0.15, 0.2) is 5.76 Å². The van der Waals surface area contributed by atoms with Crippen LogP contribution in [-0.4, -0.2) is 15.8 Å². The zero-order chi connectivity index (χ0) is 16.2. The van der Waals surface area contributed by atoms with Crippen LogP contribution in [0.3, 0.4) is 0 Å². The highest BCUT2D eigenvalue weighted by atomic mass is 16.6. The van der Waals surface area contributed by atoms with Crippen LogP contribution in [0, 0.1) is 10.1 Å². The fourth-order valence-electron chi connectivity index (χ4n) is 2.08. The number of carbonyl (C=O) groups excluding carboxylic acids is 1. The summed E-state index contributed by atoms with van der Waals surface area (Å²) in [4.78, 5) is 26.6. The second-order valence-electron chi connectivity index (χ2n) is 4.63. The number of nitro groups is 1. The van der Waals surface area contributed by atoms with E-state index < -0.39 is 10.8 Å². The molecule has 1 N–H and O–H groups in total. The van der Waals surface area contributed by atoms with Crippen molar-refractivity contribution in [2.24, 2.45) is 0 Å². The third kappa shape index (κ3) is 3.08. The summed E-state index contributed by atoms with van der Waals surface area (Å²) in [7, 11) is 0. The smallest absolute Gasteiger partial charge is 0.291 e. The molecule has 0 radical (unpaired) electrons. The number of rotatable bonds is 4. The molecule has 0 fully saturated rings. The summed E-state index contributed by atoms with van der Waals surface area (Å²) < 4.78 is 5.46. The van der Waals surface area contributed by atoms with Crippen LogP contribution in [0.4, 0.5) is 11.4 Å². The van der Waals surface area contributed by atoms with E-state index in [2.05, 4.69) is 10.3 Å². The quantitative estimate of drug-likeness (QED) is 0.587. The van der Waals surface area contributed by atoms with Crippen molar-refractivity contribution in [3.8, 4) is 11.3 Å². The SMILES string of the molecule is O=C(Nc1cccnc1)c1ccc(-c2ccccc2[N+](=O)[O-])o1. The number of nitrogens with one attached hydrogen (secondary N) is 1. The molecule has 2 aromatic heterocycles. The molecule has 0 aliphatic heterocycles. The molecule has 7 nitrogen and oxygen atoms in total. The molecule has 1 aromatic carbocycles. The van der Waals surface area contributed by atoms with Gasteiger partial charge in [0.1, 0.15) is 5.76 Å². The Morgan fingerprint density at radius 1 is 1.13 bits per heavy atom. The van der Waals surface area contributed by atoms with Crippen molar-refractivity contribution in [2.45, 2.75) is 0 Å². The second kappa shape index (κ2) is 6.10. The lowest BCUT2D eigenvalue weighted by atomic mass is 10.1. The maximum atomic E-state index is 12.1. The first-order valence-corrected chi connectivity index (χ1v) is 6.70. The van der Waals surface area contributed by atoms with Gasteiger partial charge in [0.25, 0.3) is 11.6 Å². The molecule has 0 bridgehead atoms. The molecule has 114 valence electrons. The molecule has 0 aliphatic carbocycles. The molecule has 7 heteroatoms. The lowest BCUT2D eigenvalue weighted by Crippen LogP contribution is -2.10. The zero-order valence-electron chi connectivity index (χ0n) is 11.8. The lowest BCUT2D eigenvalue weighted by molar-refractivity contribution is -0.384. The van der Waals surface area contributed by atoms with Crippen LogP contribution in [0.5, 0.6) is 0 Å². The largest absolute Gasteiger partial charge is 0.451 e. The fourth-order valence-corrected chi connectivity index (χ4v) is 2.08. The van der Waals surface area contributed by atoms with E-state index in [0.717, 1.165) is 0 Å². The minimum Gasteiger partial charge on any atom is -0.451 e. The Morgan fingerprint density at radius 2 is 1.96 bits per heavy atom. The molecule has 2 heterocycles. The normalized spacial score (nSPS) is 10.3. The topological polar surface area (TPSA) is 98.3 Å². The maximum absolute atomic E-state index is 12.1. The molecule has 0 spiro atoms. The Labute approximate surface area is 130 Å². The Bertz CT molecular complexity index is 859. The number of carbonyl (C=O) groups is 1. The fraction of sp³-hybridized carbons (Fsp3) is 0. The number of hydrogen-bond donors (Lipinski definition) is 1. The van der Waals surface area contributed by atoms with Crippen LogP contribution >= 0.6 is 0 Å². The van der Waals surface area contributed by atoms with Gasteiger partial charge in [0, 0.05) is 12.3 Å². The molecule has 0 atom stereocenters. The van der Waals surface area contributed by atoms with E-state index in [0.29, 0.717) is 11.3 Å². The highest BCUT2D eigenvalue weighted by molar-refractivity contribution is 6.02. The van der Waals surface area contributed by atoms with Gasteiger partial charge in [-0.25, -0.2) is 0 Å². The average molecular weight is 309 g/mol. The van der Waals surface area contributed by atoms with E-state index in [1.54, 1.807) is 36.5 Å². The van der Waals surface area contributed by atoms with E-state index in [4.69, 9.17) is 4.42 Å². The van der Waals surface area contributed by atoms with E-state index in [1.807, 2.05) is 0 Å². The van der Waals surface area contributed by atoms with Crippen molar-refractivity contribution in [1.29, 1.82) is 0 Å². The molecule has 1 amide bonds. The Kier molecular flexibility index (Phi) is 3.84. The first kappa shape index (κ1) is 14.5. The number of pyridine rings is 1. The Balaban J connectivity index is 1.86. The minimum absolute atomic E-state index is 0.0574. The van der Waals surface area contributed by atoms with Gasteiger partial charge in [-0.3, -0.25) is 19.9 Å². The van der Waals surface area contributed by atoms with Gasteiger partial charge in [0.2, 0.25) is 0 Å². The van der Waals surface area contributed by atoms with Gasteiger partial charge in [-0.2, -0.15) is 0 Å². The number of aromatic nitrogens is 1. The number of anilines is 1. The van der Waals surface area contributed by atoms with Crippen LogP contribution < -0.4 is 5.32 Å². The number of hydrogen-bond acceptors (Lipinski definition) is 5. The highest BCUT2D eigenvalue weighted by Gasteiger charge is 2.19. The summed E-state index contributed by atoms with van der Waals surface area (Å²) >= 11 is 0. The predicted octanol–water partition coefficient (Wildman–Crippen LogP) is 3.50. The summed E-state index contributed by atoms with van der Waals surface area (Å²) in [5, 5.41) is 13.7. The highest BCUT2D eigenvalue weighted by Crippen LogP contribution is 2.30. The summed E-state index contributed by atoms with van der Waals surface area (Å²) in [6, 6.07) is 12.6. The summed E-state index contributed by atoms with van der Waals surface area (Å²) in [6.45, 7) is 0. The summed E-state index contributed by atoms with van der Waals surface area (Å²) in [5.74, 6) is -0.140. The van der Waals surface area contributed by atoms with Gasteiger partial charge in [-0.15, -0.1) is 0 Å². The van der Waals surface area contributed by atoms with Crippen LogP contribution in [0.2, 0.25) is 0 Å². The molecule has 23 heavy (non-hydrogen) atoms. The third-order valence-electron chi connectivity index (χ3n) is 3.12. The maximum Gasteiger partial charge on any atom is 0.291 e. The Hall–Kier alpha value is -3.48. The van der Waals surface area contributed by atoms with Crippen molar-refractivity contribution >= 4 is 17.3 Å². The first-order chi connectivity index (χ1) is 11.1. The van der Waals surface area contributed by atoms with Crippen LogP contribution in [-0.2, 0) is 0 Å². The minimum atomic E-state index is -0.493. The third-order valence-corrected chi connectivity index (χ3v) is 3.12. The van der Waals surface area contributed by atoms with Gasteiger partial charge < -0.3 is 9.73 Å². The average Bonchev–Trinajstić information content (AvgIpc) is 3.06. The standard InChI is InChI=1S/C16H11N3O4/c20-16(18-11-4-3-9-17-10-11)15-8-7-14(23-15)12-5-1-2-6-13(12)19(21)22/h1-10H,(H,18,20). The number of amides is 1. The summed E-state index contributed by atoms with van der Waals surface area (Å²) in [6.07, 6.45) is 3.10. The first-order valence-electron chi connectivity index (χ1n) is 6.70. The van der Waals surface area contributed by atoms with E-state index in [-0.39, 0.29) is 17.2 Å². The summed E-state index contributed by atoms with van der Waals surface area (Å²) in [5.41, 5.74) is 0.764. The van der Waals surface area contributed by atoms with Crippen molar-refractivity contribution < 1.29 is 14.1 Å². The van der Waals surface area contributed by atoms with Gasteiger partial charge in [-0.1, -0.05) is 12.1 Å². The molecular weight excluding hydrogens is 298 g/mol. The molecule has 0 aliphatic rings. The van der Waals surface area contributed by atoms with Crippen molar-refractivity contribution in [1.82, 2.24) is 4.98 Å². The molecule has 0 saturated heterocycles. The molecule has 0 saturated carbocycles. The zero-order valence-corrected chi connectivity index (χ0v) is 11.8. The molecule has 3 aromatic rings. The van der Waals surface area contributed by atoms with Crippen molar-refractivity contribution in [2.75, 3.05) is 5.32 Å². The van der Waals surface area contributed by atoms with E-state index in [1.165, 1.54) is 24.4 Å². The number of nitro benzene ring substituents is 1. The van der Waals surface area contributed by atoms with Crippen molar-refractivity contribution in [3.05, 3.63) is 76.8 Å². The monoisotopic (exact) mass is 309 g/mol. The molecular formula is C16H11N3O4. The van der Waals surface area contributed by atoms with E-state index in [9.17, 15) is 14.9 Å².